The molecule has 2 heterocycles. The van der Waals surface area contributed by atoms with E-state index in [1.165, 1.54) is 0 Å². The van der Waals surface area contributed by atoms with Gasteiger partial charge in [0, 0.05) is 19.7 Å². The van der Waals surface area contributed by atoms with Crippen molar-refractivity contribution in [1.29, 1.82) is 0 Å². The minimum atomic E-state index is -0.474. The van der Waals surface area contributed by atoms with Crippen molar-refractivity contribution < 1.29 is 9.21 Å². The van der Waals surface area contributed by atoms with E-state index in [2.05, 4.69) is 20.6 Å². The minimum Gasteiger partial charge on any atom is -0.408 e. The molecule has 17 heavy (non-hydrogen) atoms. The zero-order chi connectivity index (χ0) is 12.4. The number of nitrogens with one attached hydrogen (secondary N) is 1. The second-order valence-corrected chi connectivity index (χ2v) is 3.37. The van der Waals surface area contributed by atoms with Crippen molar-refractivity contribution in [2.75, 3.05) is 11.1 Å². The number of rotatable bonds is 3. The predicted octanol–water partition coefficient (Wildman–Crippen LogP) is 0.429. The van der Waals surface area contributed by atoms with Crippen molar-refractivity contribution in [3.8, 4) is 0 Å². The maximum atomic E-state index is 11.8. The molecule has 2 aromatic rings. The third-order valence-electron chi connectivity index (χ3n) is 2.08. The first-order chi connectivity index (χ1) is 8.10. The second-order valence-electron chi connectivity index (χ2n) is 3.37. The van der Waals surface area contributed by atoms with Crippen molar-refractivity contribution in [2.45, 2.75) is 20.4 Å². The molecule has 2 rings (SSSR count). The fourth-order valence-electron chi connectivity index (χ4n) is 1.28. The highest BCUT2D eigenvalue weighted by Crippen LogP contribution is 2.12. The van der Waals surface area contributed by atoms with Gasteiger partial charge < -0.3 is 10.2 Å². The van der Waals surface area contributed by atoms with Crippen LogP contribution in [0.15, 0.2) is 10.6 Å². The minimum absolute atomic E-state index is 0.0259. The standard InChI is InChI=1S/C9H12N6O2/c1-3-15-4-6(10)7(14-15)8(16)11-9-13-12-5(2)17-9/h4H,3,10H2,1-2H3,(H,11,13,16). The van der Waals surface area contributed by atoms with Crippen LogP contribution in [0.4, 0.5) is 11.7 Å². The molecular formula is C9H12N6O2. The monoisotopic (exact) mass is 236 g/mol. The SMILES string of the molecule is CCn1cc(N)c(C(=O)Nc2nnc(C)o2)n1. The van der Waals surface area contributed by atoms with Gasteiger partial charge in [0.1, 0.15) is 0 Å². The van der Waals surface area contributed by atoms with Crippen LogP contribution in [0, 0.1) is 6.92 Å². The van der Waals surface area contributed by atoms with E-state index >= 15 is 0 Å². The molecule has 0 aliphatic heterocycles. The van der Waals surface area contributed by atoms with Gasteiger partial charge in [-0.25, -0.2) is 0 Å². The summed E-state index contributed by atoms with van der Waals surface area (Å²) >= 11 is 0. The molecule has 0 aromatic carbocycles. The summed E-state index contributed by atoms with van der Waals surface area (Å²) in [6, 6.07) is 0.0259. The number of aryl methyl sites for hydroxylation is 2. The molecule has 8 nitrogen and oxygen atoms in total. The Hall–Kier alpha value is -2.38. The number of anilines is 2. The maximum Gasteiger partial charge on any atom is 0.322 e. The average molecular weight is 236 g/mol. The van der Waals surface area contributed by atoms with E-state index in [1.54, 1.807) is 17.8 Å². The van der Waals surface area contributed by atoms with Crippen molar-refractivity contribution >= 4 is 17.6 Å². The number of hydrogen-bond donors (Lipinski definition) is 2. The molecule has 3 N–H and O–H groups in total. The number of nitrogens with two attached hydrogens (primary N) is 1. The number of hydrogen-bond acceptors (Lipinski definition) is 6. The molecule has 0 fully saturated rings. The van der Waals surface area contributed by atoms with E-state index in [0.29, 0.717) is 18.1 Å². The average Bonchev–Trinajstić information content (AvgIpc) is 2.85. The van der Waals surface area contributed by atoms with Crippen LogP contribution in [-0.2, 0) is 6.54 Å². The molecule has 0 aliphatic rings. The molecule has 0 radical (unpaired) electrons. The molecule has 8 heteroatoms. The Morgan fingerprint density at radius 3 is 2.88 bits per heavy atom. The van der Waals surface area contributed by atoms with Gasteiger partial charge in [-0.05, 0) is 6.92 Å². The van der Waals surface area contributed by atoms with Crippen LogP contribution in [0.25, 0.3) is 0 Å². The van der Waals surface area contributed by atoms with Gasteiger partial charge in [-0.1, -0.05) is 5.10 Å². The Labute approximate surface area is 96.8 Å². The third kappa shape index (κ3) is 2.25. The summed E-state index contributed by atoms with van der Waals surface area (Å²) in [5.41, 5.74) is 6.11. The predicted molar refractivity (Wildman–Crippen MR) is 59.3 cm³/mol. The third-order valence-corrected chi connectivity index (χ3v) is 2.08. The lowest BCUT2D eigenvalue weighted by molar-refractivity contribution is 0.101. The quantitative estimate of drug-likeness (QED) is 0.799. The molecule has 0 spiro atoms. The molecule has 1 amide bonds. The van der Waals surface area contributed by atoms with Gasteiger partial charge in [0.15, 0.2) is 5.69 Å². The largest absolute Gasteiger partial charge is 0.408 e. The van der Waals surface area contributed by atoms with Gasteiger partial charge in [-0.3, -0.25) is 14.8 Å². The van der Waals surface area contributed by atoms with Crippen molar-refractivity contribution in [3.05, 3.63) is 17.8 Å². The van der Waals surface area contributed by atoms with Crippen LogP contribution in [-0.4, -0.2) is 25.9 Å². The summed E-state index contributed by atoms with van der Waals surface area (Å²) in [6.07, 6.45) is 1.59. The van der Waals surface area contributed by atoms with Crippen LogP contribution < -0.4 is 11.1 Å². The lowest BCUT2D eigenvalue weighted by Crippen LogP contribution is -2.15. The molecule has 0 aliphatic carbocycles. The topological polar surface area (TPSA) is 112 Å². The summed E-state index contributed by atoms with van der Waals surface area (Å²) in [7, 11) is 0. The Kier molecular flexibility index (Phi) is 2.77. The van der Waals surface area contributed by atoms with Gasteiger partial charge >= 0.3 is 6.01 Å². The molecular weight excluding hydrogens is 224 g/mol. The number of amides is 1. The van der Waals surface area contributed by atoms with Crippen LogP contribution in [0.3, 0.4) is 0 Å². The van der Waals surface area contributed by atoms with Crippen LogP contribution in [0.5, 0.6) is 0 Å². The summed E-state index contributed by atoms with van der Waals surface area (Å²) < 4.78 is 6.59. The first-order valence-electron chi connectivity index (χ1n) is 5.04. The number of aromatic nitrogens is 4. The van der Waals surface area contributed by atoms with E-state index in [9.17, 15) is 4.79 Å². The number of carbonyl (C=O) groups is 1. The highest BCUT2D eigenvalue weighted by atomic mass is 16.4. The van der Waals surface area contributed by atoms with Gasteiger partial charge in [0.2, 0.25) is 5.89 Å². The Balaban J connectivity index is 2.16. The normalized spacial score (nSPS) is 10.5. The molecule has 0 unspecified atom stereocenters. The lowest BCUT2D eigenvalue weighted by atomic mass is 10.3. The zero-order valence-corrected chi connectivity index (χ0v) is 9.47. The van der Waals surface area contributed by atoms with Crippen LogP contribution in [0.1, 0.15) is 23.3 Å². The molecule has 0 atom stereocenters. The Morgan fingerprint density at radius 2 is 2.35 bits per heavy atom. The van der Waals surface area contributed by atoms with Crippen LogP contribution in [0.2, 0.25) is 0 Å². The molecule has 2 aromatic heterocycles. The Morgan fingerprint density at radius 1 is 1.59 bits per heavy atom. The highest BCUT2D eigenvalue weighted by Gasteiger charge is 2.16. The van der Waals surface area contributed by atoms with E-state index in [1.807, 2.05) is 6.92 Å². The van der Waals surface area contributed by atoms with Crippen molar-refractivity contribution in [3.63, 3.8) is 0 Å². The number of nitrogens with zero attached hydrogens (tertiary/aromatic N) is 4. The fourth-order valence-corrected chi connectivity index (χ4v) is 1.28. The molecule has 0 bridgehead atoms. The molecule has 0 saturated heterocycles. The van der Waals surface area contributed by atoms with Gasteiger partial charge in [0.05, 0.1) is 5.69 Å². The highest BCUT2D eigenvalue weighted by molar-refractivity contribution is 6.05. The van der Waals surface area contributed by atoms with Crippen LogP contribution >= 0.6 is 0 Å². The van der Waals surface area contributed by atoms with Gasteiger partial charge in [-0.15, -0.1) is 5.10 Å². The lowest BCUT2D eigenvalue weighted by Gasteiger charge is -1.97. The summed E-state index contributed by atoms with van der Waals surface area (Å²) in [5.74, 6) is -0.106. The molecule has 0 saturated carbocycles. The van der Waals surface area contributed by atoms with E-state index < -0.39 is 5.91 Å². The second kappa shape index (κ2) is 4.24. The Bertz CT molecular complexity index is 543. The number of carbonyl (C=O) groups excluding carboxylic acids is 1. The van der Waals surface area contributed by atoms with Gasteiger partial charge in [0.25, 0.3) is 5.91 Å². The van der Waals surface area contributed by atoms with E-state index in [0.717, 1.165) is 0 Å². The first-order valence-corrected chi connectivity index (χ1v) is 5.04. The first kappa shape index (κ1) is 11.1. The smallest absolute Gasteiger partial charge is 0.322 e. The van der Waals surface area contributed by atoms with Gasteiger partial charge in [-0.2, -0.15) is 5.10 Å². The van der Waals surface area contributed by atoms with E-state index in [-0.39, 0.29) is 11.7 Å². The van der Waals surface area contributed by atoms with Crippen molar-refractivity contribution in [2.24, 2.45) is 0 Å². The summed E-state index contributed by atoms with van der Waals surface area (Å²) in [5, 5.41) is 13.7. The number of nitrogen functional groups attached to an aromatic ring is 1. The van der Waals surface area contributed by atoms with Crippen molar-refractivity contribution in [1.82, 2.24) is 20.0 Å². The maximum absolute atomic E-state index is 11.8. The summed E-state index contributed by atoms with van der Waals surface area (Å²) in [4.78, 5) is 11.8. The summed E-state index contributed by atoms with van der Waals surface area (Å²) in [6.45, 7) is 4.16. The fraction of sp³-hybridized carbons (Fsp3) is 0.333. The zero-order valence-electron chi connectivity index (χ0n) is 9.47. The molecule has 90 valence electrons. The van der Waals surface area contributed by atoms with E-state index in [4.69, 9.17) is 10.2 Å².